The molecule has 2 aromatic carbocycles. The molecular formula is C18H19NO4S. The number of ether oxygens (including phenoxy) is 1. The maximum atomic E-state index is 12.6. The number of carbonyl (C=O) groups excluding carboxylic acids is 1. The van der Waals surface area contributed by atoms with Crippen molar-refractivity contribution in [1.29, 1.82) is 0 Å². The van der Waals surface area contributed by atoms with Crippen LogP contribution in [-0.4, -0.2) is 27.2 Å². The number of sulfone groups is 1. The highest BCUT2D eigenvalue weighted by Crippen LogP contribution is 2.31. The van der Waals surface area contributed by atoms with E-state index in [9.17, 15) is 13.2 Å². The second-order valence-corrected chi connectivity index (χ2v) is 7.94. The molecule has 24 heavy (non-hydrogen) atoms. The molecule has 1 N–H and O–H groups in total. The van der Waals surface area contributed by atoms with E-state index in [2.05, 4.69) is 5.32 Å². The van der Waals surface area contributed by atoms with Crippen molar-refractivity contribution < 1.29 is 17.9 Å². The Balaban J connectivity index is 1.87. The second-order valence-electron chi connectivity index (χ2n) is 5.95. The zero-order valence-corrected chi connectivity index (χ0v) is 14.4. The molecule has 0 fully saturated rings. The number of nitrogens with one attached hydrogen (secondary N) is 1. The number of hydrogen-bond donors (Lipinski definition) is 1. The number of para-hydroxylation sites is 1. The highest BCUT2D eigenvalue weighted by atomic mass is 32.2. The first-order valence-corrected chi connectivity index (χ1v) is 9.59. The number of carbonyl (C=O) groups is 1. The predicted octanol–water partition coefficient (Wildman–Crippen LogP) is 2.65. The van der Waals surface area contributed by atoms with Crippen molar-refractivity contribution in [3.8, 4) is 5.75 Å². The van der Waals surface area contributed by atoms with Gasteiger partial charge in [-0.2, -0.15) is 0 Å². The molecule has 2 aromatic rings. The van der Waals surface area contributed by atoms with Crippen LogP contribution in [0.2, 0.25) is 0 Å². The lowest BCUT2D eigenvalue weighted by Gasteiger charge is -2.26. The average molecular weight is 345 g/mol. The summed E-state index contributed by atoms with van der Waals surface area (Å²) >= 11 is 0. The van der Waals surface area contributed by atoms with Crippen molar-refractivity contribution in [2.24, 2.45) is 0 Å². The Labute approximate surface area is 141 Å². The van der Waals surface area contributed by atoms with Gasteiger partial charge in [-0.15, -0.1) is 0 Å². The van der Waals surface area contributed by atoms with E-state index in [4.69, 9.17) is 4.74 Å². The van der Waals surface area contributed by atoms with Gasteiger partial charge in [0.25, 0.3) is 5.91 Å². The fraction of sp³-hybridized carbons (Fsp3) is 0.278. The van der Waals surface area contributed by atoms with Crippen LogP contribution in [0.25, 0.3) is 0 Å². The van der Waals surface area contributed by atoms with Crippen LogP contribution < -0.4 is 10.1 Å². The fourth-order valence-electron chi connectivity index (χ4n) is 2.87. The fourth-order valence-corrected chi connectivity index (χ4v) is 3.87. The first-order chi connectivity index (χ1) is 11.4. The minimum absolute atomic E-state index is 0.148. The molecule has 0 radical (unpaired) electrons. The molecule has 126 valence electrons. The predicted molar refractivity (Wildman–Crippen MR) is 91.1 cm³/mol. The average Bonchev–Trinajstić information content (AvgIpc) is 2.54. The van der Waals surface area contributed by atoms with E-state index < -0.39 is 9.84 Å². The van der Waals surface area contributed by atoms with Gasteiger partial charge in [0.05, 0.1) is 17.5 Å². The highest BCUT2D eigenvalue weighted by molar-refractivity contribution is 7.90. The van der Waals surface area contributed by atoms with E-state index in [0.717, 1.165) is 17.6 Å². The van der Waals surface area contributed by atoms with Crippen molar-refractivity contribution in [2.75, 3.05) is 12.9 Å². The van der Waals surface area contributed by atoms with Gasteiger partial charge in [0.2, 0.25) is 0 Å². The lowest BCUT2D eigenvalue weighted by molar-refractivity contribution is 0.0924. The zero-order valence-electron chi connectivity index (χ0n) is 13.6. The van der Waals surface area contributed by atoms with Crippen molar-refractivity contribution in [2.45, 2.75) is 24.3 Å². The summed E-state index contributed by atoms with van der Waals surface area (Å²) in [6, 6.07) is 12.2. The van der Waals surface area contributed by atoms with Gasteiger partial charge in [-0.25, -0.2) is 8.42 Å². The largest absolute Gasteiger partial charge is 0.493 e. The first-order valence-electron chi connectivity index (χ1n) is 7.69. The van der Waals surface area contributed by atoms with Gasteiger partial charge >= 0.3 is 0 Å². The van der Waals surface area contributed by atoms with Crippen LogP contribution in [0.1, 0.15) is 33.9 Å². The third-order valence-electron chi connectivity index (χ3n) is 4.11. The minimum Gasteiger partial charge on any atom is -0.493 e. The molecule has 0 unspecified atom stereocenters. The molecule has 0 aliphatic carbocycles. The van der Waals surface area contributed by atoms with Crippen molar-refractivity contribution in [3.63, 3.8) is 0 Å². The number of hydrogen-bond acceptors (Lipinski definition) is 4. The monoisotopic (exact) mass is 345 g/mol. The lowest BCUT2D eigenvalue weighted by Crippen LogP contribution is -2.32. The van der Waals surface area contributed by atoms with E-state index in [1.165, 1.54) is 6.07 Å². The van der Waals surface area contributed by atoms with E-state index >= 15 is 0 Å². The molecule has 1 atom stereocenters. The van der Waals surface area contributed by atoms with Crippen LogP contribution >= 0.6 is 0 Å². The topological polar surface area (TPSA) is 72.5 Å². The summed E-state index contributed by atoms with van der Waals surface area (Å²) in [6.07, 6.45) is 1.82. The molecule has 0 spiro atoms. The van der Waals surface area contributed by atoms with Crippen LogP contribution in [-0.2, 0) is 9.84 Å². The lowest BCUT2D eigenvalue weighted by atomic mass is 10.00. The van der Waals surface area contributed by atoms with Crippen LogP contribution in [0, 0.1) is 6.92 Å². The number of aryl methyl sites for hydroxylation is 1. The summed E-state index contributed by atoms with van der Waals surface area (Å²) in [5.74, 6) is 0.483. The summed E-state index contributed by atoms with van der Waals surface area (Å²) in [5, 5.41) is 2.98. The molecule has 3 rings (SSSR count). The molecule has 0 bridgehead atoms. The number of amides is 1. The third-order valence-corrected chi connectivity index (χ3v) is 5.35. The summed E-state index contributed by atoms with van der Waals surface area (Å²) in [7, 11) is -3.37. The highest BCUT2D eigenvalue weighted by Gasteiger charge is 2.23. The molecule has 0 saturated carbocycles. The summed E-state index contributed by atoms with van der Waals surface area (Å²) in [6.45, 7) is 2.25. The molecule has 0 saturated heterocycles. The SMILES string of the molecule is Cc1ccc(C(=O)N[C@H]2CCOc3ccccc32)cc1S(C)(=O)=O. The maximum absolute atomic E-state index is 12.6. The molecular weight excluding hydrogens is 326 g/mol. The number of fused-ring (bicyclic) bond motifs is 1. The second kappa shape index (κ2) is 6.28. The van der Waals surface area contributed by atoms with Gasteiger partial charge < -0.3 is 10.1 Å². The third kappa shape index (κ3) is 3.28. The van der Waals surface area contributed by atoms with Crippen molar-refractivity contribution in [3.05, 3.63) is 59.2 Å². The Morgan fingerprint density at radius 2 is 1.96 bits per heavy atom. The Kier molecular flexibility index (Phi) is 4.32. The van der Waals surface area contributed by atoms with Crippen LogP contribution in [0.3, 0.4) is 0 Å². The van der Waals surface area contributed by atoms with E-state index in [1.807, 2.05) is 24.3 Å². The Morgan fingerprint density at radius 1 is 1.21 bits per heavy atom. The molecule has 1 amide bonds. The normalized spacial score (nSPS) is 16.8. The molecule has 1 heterocycles. The number of benzene rings is 2. The van der Waals surface area contributed by atoms with E-state index in [1.54, 1.807) is 19.1 Å². The first kappa shape index (κ1) is 16.5. The van der Waals surface area contributed by atoms with Crippen molar-refractivity contribution >= 4 is 15.7 Å². The minimum atomic E-state index is -3.37. The molecule has 6 heteroatoms. The number of rotatable bonds is 3. The smallest absolute Gasteiger partial charge is 0.251 e. The molecule has 1 aliphatic rings. The van der Waals surface area contributed by atoms with Gasteiger partial charge in [0, 0.05) is 23.8 Å². The summed E-state index contributed by atoms with van der Waals surface area (Å²) in [5.41, 5.74) is 1.91. The van der Waals surface area contributed by atoms with E-state index in [0.29, 0.717) is 24.2 Å². The maximum Gasteiger partial charge on any atom is 0.251 e. The van der Waals surface area contributed by atoms with Gasteiger partial charge in [-0.05, 0) is 30.7 Å². The van der Waals surface area contributed by atoms with E-state index in [-0.39, 0.29) is 16.8 Å². The standard InChI is InChI=1S/C18H19NO4S/c1-12-7-8-13(11-17(12)24(2,21)22)18(20)19-15-9-10-23-16-6-4-3-5-14(15)16/h3-8,11,15H,9-10H2,1-2H3,(H,19,20)/t15-/m0/s1. The van der Waals surface area contributed by atoms with Crippen LogP contribution in [0.5, 0.6) is 5.75 Å². The molecule has 1 aliphatic heterocycles. The summed E-state index contributed by atoms with van der Waals surface area (Å²) < 4.78 is 29.3. The van der Waals surface area contributed by atoms with Crippen LogP contribution in [0.15, 0.2) is 47.4 Å². The van der Waals surface area contributed by atoms with Gasteiger partial charge in [-0.3, -0.25) is 4.79 Å². The molecule has 0 aromatic heterocycles. The van der Waals surface area contributed by atoms with Crippen LogP contribution in [0.4, 0.5) is 0 Å². The summed E-state index contributed by atoms with van der Waals surface area (Å²) in [4.78, 5) is 12.7. The Morgan fingerprint density at radius 3 is 2.71 bits per heavy atom. The quantitative estimate of drug-likeness (QED) is 0.928. The Hall–Kier alpha value is -2.34. The zero-order chi connectivity index (χ0) is 17.3. The Bertz CT molecular complexity index is 890. The van der Waals surface area contributed by atoms with Gasteiger partial charge in [0.15, 0.2) is 9.84 Å². The van der Waals surface area contributed by atoms with Crippen molar-refractivity contribution in [1.82, 2.24) is 5.32 Å². The van der Waals surface area contributed by atoms with Gasteiger partial charge in [0.1, 0.15) is 5.75 Å². The van der Waals surface area contributed by atoms with Gasteiger partial charge in [-0.1, -0.05) is 24.3 Å². The molecule has 5 nitrogen and oxygen atoms in total.